The van der Waals surface area contributed by atoms with E-state index >= 15 is 0 Å². The van der Waals surface area contributed by atoms with Gasteiger partial charge in [0.1, 0.15) is 13.2 Å². The molecule has 0 radical (unpaired) electrons. The molecular weight excluding hydrogens is 733 g/mol. The number of hydrogen-bond donors (Lipinski definition) is 0. The highest BCUT2D eigenvalue weighted by Crippen LogP contribution is 2.11. The van der Waals surface area contributed by atoms with Gasteiger partial charge in [-0.05, 0) is 70.6 Å². The maximum absolute atomic E-state index is 12.7. The number of hydrogen-bond acceptors (Lipinski definition) is 6. The number of allylic oxidation sites excluding steroid dienone is 24. The Morgan fingerprint density at radius 1 is 0.356 bits per heavy atom. The summed E-state index contributed by atoms with van der Waals surface area (Å²) in [6.45, 7) is 6.15. The summed E-state index contributed by atoms with van der Waals surface area (Å²) in [5.74, 6) is -1.08. The van der Waals surface area contributed by atoms with Gasteiger partial charge in [-0.3, -0.25) is 14.4 Å². The van der Waals surface area contributed by atoms with Crippen molar-refractivity contribution in [3.8, 4) is 0 Å². The van der Waals surface area contributed by atoms with E-state index in [-0.39, 0.29) is 38.0 Å². The normalized spacial score (nSPS) is 13.5. The van der Waals surface area contributed by atoms with Crippen molar-refractivity contribution in [3.63, 3.8) is 0 Å². The van der Waals surface area contributed by atoms with Crippen molar-refractivity contribution >= 4 is 17.9 Å². The lowest BCUT2D eigenvalue weighted by molar-refractivity contribution is -0.167. The van der Waals surface area contributed by atoms with E-state index in [1.54, 1.807) is 0 Å². The van der Waals surface area contributed by atoms with Gasteiger partial charge < -0.3 is 14.2 Å². The van der Waals surface area contributed by atoms with Crippen LogP contribution < -0.4 is 0 Å². The molecule has 0 aliphatic heterocycles. The van der Waals surface area contributed by atoms with Crippen LogP contribution in [-0.2, 0) is 28.6 Å². The molecule has 59 heavy (non-hydrogen) atoms. The zero-order valence-electron chi connectivity index (χ0n) is 36.9. The second kappa shape index (κ2) is 46.0. The monoisotopic (exact) mass is 811 g/mol. The molecule has 0 aromatic carbocycles. The highest BCUT2D eigenvalue weighted by Gasteiger charge is 2.19. The Morgan fingerprint density at radius 2 is 0.695 bits per heavy atom. The van der Waals surface area contributed by atoms with Crippen LogP contribution in [0.15, 0.2) is 146 Å². The second-order valence-corrected chi connectivity index (χ2v) is 14.1. The van der Waals surface area contributed by atoms with Gasteiger partial charge in [0, 0.05) is 19.3 Å². The largest absolute Gasteiger partial charge is 0.462 e. The van der Waals surface area contributed by atoms with Gasteiger partial charge in [-0.15, -0.1) is 0 Å². The zero-order chi connectivity index (χ0) is 43.0. The van der Waals surface area contributed by atoms with Crippen molar-refractivity contribution < 1.29 is 28.6 Å². The first kappa shape index (κ1) is 54.3. The molecular formula is C53H78O6. The Labute approximate surface area is 359 Å². The van der Waals surface area contributed by atoms with E-state index in [0.29, 0.717) is 25.7 Å². The molecule has 0 rings (SSSR count). The maximum Gasteiger partial charge on any atom is 0.306 e. The van der Waals surface area contributed by atoms with Crippen molar-refractivity contribution in [2.45, 2.75) is 155 Å². The molecule has 0 aromatic heterocycles. The predicted molar refractivity (Wildman–Crippen MR) is 251 cm³/mol. The number of rotatable bonds is 37. The number of unbranched alkanes of at least 4 members (excludes halogenated alkanes) is 11. The summed E-state index contributed by atoms with van der Waals surface area (Å²) in [5, 5.41) is 0. The van der Waals surface area contributed by atoms with E-state index in [4.69, 9.17) is 14.2 Å². The van der Waals surface area contributed by atoms with Crippen LogP contribution in [0.3, 0.4) is 0 Å². The van der Waals surface area contributed by atoms with Crippen molar-refractivity contribution in [2.75, 3.05) is 13.2 Å². The Balaban J connectivity index is 4.64. The molecule has 1 atom stereocenters. The van der Waals surface area contributed by atoms with E-state index in [9.17, 15) is 14.4 Å². The van der Waals surface area contributed by atoms with E-state index in [1.807, 2.05) is 115 Å². The van der Waals surface area contributed by atoms with E-state index in [1.165, 1.54) is 19.3 Å². The van der Waals surface area contributed by atoms with Gasteiger partial charge in [-0.1, -0.05) is 205 Å². The first-order chi connectivity index (χ1) is 29.0. The molecule has 0 aliphatic carbocycles. The molecule has 6 nitrogen and oxygen atoms in total. The summed E-state index contributed by atoms with van der Waals surface area (Å²) in [7, 11) is 0. The van der Waals surface area contributed by atoms with E-state index in [0.717, 1.165) is 70.6 Å². The zero-order valence-corrected chi connectivity index (χ0v) is 36.9. The van der Waals surface area contributed by atoms with Crippen molar-refractivity contribution in [1.29, 1.82) is 0 Å². The molecule has 0 fully saturated rings. The van der Waals surface area contributed by atoms with Crippen LogP contribution in [0.4, 0.5) is 0 Å². The van der Waals surface area contributed by atoms with Crippen LogP contribution in [0.5, 0.6) is 0 Å². The third-order valence-electron chi connectivity index (χ3n) is 8.60. The van der Waals surface area contributed by atoms with Crippen LogP contribution in [0.25, 0.3) is 0 Å². The van der Waals surface area contributed by atoms with E-state index in [2.05, 4.69) is 51.2 Å². The van der Waals surface area contributed by atoms with Gasteiger partial charge in [0.2, 0.25) is 0 Å². The average Bonchev–Trinajstić information content (AvgIpc) is 3.23. The first-order valence-corrected chi connectivity index (χ1v) is 22.5. The van der Waals surface area contributed by atoms with E-state index < -0.39 is 12.1 Å². The minimum absolute atomic E-state index is 0.133. The van der Waals surface area contributed by atoms with Gasteiger partial charge >= 0.3 is 17.9 Å². The Hall–Kier alpha value is -4.71. The molecule has 1 unspecified atom stereocenters. The molecule has 326 valence electrons. The molecule has 0 aromatic rings. The Bertz CT molecular complexity index is 1390. The molecule has 0 saturated heterocycles. The highest BCUT2D eigenvalue weighted by molar-refractivity contribution is 5.71. The summed E-state index contributed by atoms with van der Waals surface area (Å²) in [6, 6.07) is 0. The van der Waals surface area contributed by atoms with Crippen molar-refractivity contribution in [3.05, 3.63) is 146 Å². The Morgan fingerprint density at radius 3 is 1.15 bits per heavy atom. The minimum Gasteiger partial charge on any atom is -0.462 e. The molecule has 0 heterocycles. The SMILES string of the molecule is CC\C=C/C=C\C=C/C=C\C=C/CCCC(=O)OC(COC(=O)CCCCC\C=C/C=C/C=C\C=C/C=C\C=C/CC)COC(=O)CCCCCCC/C=C\CCCC. The lowest BCUT2D eigenvalue weighted by Gasteiger charge is -2.18. The van der Waals surface area contributed by atoms with Gasteiger partial charge in [-0.2, -0.15) is 0 Å². The standard InChI is InChI=1S/C53H78O6/c1-4-7-10-13-16-19-22-24-25-26-27-29-31-34-37-40-43-46-52(55)58-49-50(48-57-51(54)45-42-39-36-33-30-21-18-15-12-9-6-3)59-53(56)47-44-41-38-35-32-28-23-20-17-14-11-8-5-2/h7-8,10-11,13-20,22-29,31-32,35,38,50H,4-6,9,12,21,30,33-34,36-37,39-49H2,1-3H3/b10-7-,11-8-,16-13-,17-14-,18-15-,22-19-,23-20-,25-24-,27-26+,31-29-,32-28-,38-35-. The quantitative estimate of drug-likeness (QED) is 0.0204. The number of esters is 3. The lowest BCUT2D eigenvalue weighted by Crippen LogP contribution is -2.30. The molecule has 6 heteroatoms. The lowest BCUT2D eigenvalue weighted by atomic mass is 10.1. The number of ether oxygens (including phenoxy) is 3. The van der Waals surface area contributed by atoms with Gasteiger partial charge in [-0.25, -0.2) is 0 Å². The highest BCUT2D eigenvalue weighted by atomic mass is 16.6. The summed E-state index contributed by atoms with van der Waals surface area (Å²) in [4.78, 5) is 37.7. The molecule has 0 amide bonds. The number of carbonyl (C=O) groups is 3. The fourth-order valence-corrected chi connectivity index (χ4v) is 5.25. The molecule has 0 bridgehead atoms. The fraction of sp³-hybridized carbons (Fsp3) is 0.491. The van der Waals surface area contributed by atoms with Crippen molar-refractivity contribution in [1.82, 2.24) is 0 Å². The van der Waals surface area contributed by atoms with Crippen LogP contribution >= 0.6 is 0 Å². The summed E-state index contributed by atoms with van der Waals surface area (Å²) in [5.41, 5.74) is 0. The smallest absolute Gasteiger partial charge is 0.306 e. The molecule has 0 aliphatic rings. The molecule has 0 N–H and O–H groups in total. The van der Waals surface area contributed by atoms with Crippen molar-refractivity contribution in [2.24, 2.45) is 0 Å². The Kier molecular flexibility index (Phi) is 42.3. The van der Waals surface area contributed by atoms with Gasteiger partial charge in [0.05, 0.1) is 0 Å². The minimum atomic E-state index is -0.841. The third kappa shape index (κ3) is 44.2. The van der Waals surface area contributed by atoms with Gasteiger partial charge in [0.25, 0.3) is 0 Å². The average molecular weight is 811 g/mol. The first-order valence-electron chi connectivity index (χ1n) is 22.5. The summed E-state index contributed by atoms with van der Waals surface area (Å²) >= 11 is 0. The number of carbonyl (C=O) groups excluding carboxylic acids is 3. The van der Waals surface area contributed by atoms with Crippen LogP contribution in [-0.4, -0.2) is 37.2 Å². The molecule has 0 saturated carbocycles. The maximum atomic E-state index is 12.7. The summed E-state index contributed by atoms with van der Waals surface area (Å²) < 4.78 is 16.6. The third-order valence-corrected chi connectivity index (χ3v) is 8.60. The predicted octanol–water partition coefficient (Wildman–Crippen LogP) is 14.5. The summed E-state index contributed by atoms with van der Waals surface area (Å²) in [6.07, 6.45) is 65.5. The van der Waals surface area contributed by atoms with Crippen LogP contribution in [0, 0.1) is 0 Å². The van der Waals surface area contributed by atoms with Gasteiger partial charge in [0.15, 0.2) is 6.10 Å². The fourth-order valence-electron chi connectivity index (χ4n) is 5.25. The van der Waals surface area contributed by atoms with Crippen LogP contribution in [0.1, 0.15) is 149 Å². The van der Waals surface area contributed by atoms with Crippen LogP contribution in [0.2, 0.25) is 0 Å². The topological polar surface area (TPSA) is 78.9 Å². The second-order valence-electron chi connectivity index (χ2n) is 14.1. The molecule has 0 spiro atoms.